The first-order chi connectivity index (χ1) is 8.25. The summed E-state index contributed by atoms with van der Waals surface area (Å²) in [5.41, 5.74) is 6.47. The van der Waals surface area contributed by atoms with Gasteiger partial charge in [-0.25, -0.2) is 4.79 Å². The Hall–Kier alpha value is -2.04. The third-order valence-corrected chi connectivity index (χ3v) is 2.67. The second-order valence-corrected chi connectivity index (χ2v) is 3.96. The van der Waals surface area contributed by atoms with Crippen LogP contribution >= 0.6 is 0 Å². The Morgan fingerprint density at radius 1 is 1.24 bits per heavy atom. The number of benzene rings is 1. The zero-order chi connectivity index (χ0) is 12.1. The molecule has 0 saturated carbocycles. The summed E-state index contributed by atoms with van der Waals surface area (Å²) in [6.45, 7) is 1.77. The van der Waals surface area contributed by atoms with E-state index in [4.69, 9.17) is 5.73 Å². The summed E-state index contributed by atoms with van der Waals surface area (Å²) in [6, 6.07) is 8.77. The number of hydrogen-bond donors (Lipinski definition) is 2. The first-order valence-corrected chi connectivity index (χ1v) is 5.71. The summed E-state index contributed by atoms with van der Waals surface area (Å²) in [5.74, 6) is 0.302. The molecule has 0 aliphatic carbocycles. The highest BCUT2D eigenvalue weighted by atomic mass is 16.2. The molecule has 1 saturated heterocycles. The van der Waals surface area contributed by atoms with Gasteiger partial charge in [-0.15, -0.1) is 0 Å². The van der Waals surface area contributed by atoms with Gasteiger partial charge in [-0.05, 0) is 25.0 Å². The van der Waals surface area contributed by atoms with Crippen molar-refractivity contribution in [3.05, 3.63) is 30.3 Å². The Balaban J connectivity index is 1.94. The number of para-hydroxylation sites is 1. The van der Waals surface area contributed by atoms with Crippen LogP contribution in [-0.2, 0) is 0 Å². The number of nitrogens with zero attached hydrogens (tertiary/aromatic N) is 2. The molecule has 1 aromatic carbocycles. The molecule has 1 fully saturated rings. The van der Waals surface area contributed by atoms with E-state index in [9.17, 15) is 4.79 Å². The number of carbonyl (C=O) groups is 1. The maximum atomic E-state index is 11.6. The van der Waals surface area contributed by atoms with Crippen LogP contribution in [0.1, 0.15) is 12.8 Å². The van der Waals surface area contributed by atoms with E-state index in [2.05, 4.69) is 10.3 Å². The minimum Gasteiger partial charge on any atom is -0.369 e. The van der Waals surface area contributed by atoms with Crippen molar-refractivity contribution in [2.75, 3.05) is 18.4 Å². The third kappa shape index (κ3) is 3.21. The third-order valence-electron chi connectivity index (χ3n) is 2.67. The molecule has 1 aliphatic heterocycles. The van der Waals surface area contributed by atoms with Crippen molar-refractivity contribution in [1.29, 1.82) is 0 Å². The minimum atomic E-state index is -0.430. The second-order valence-electron chi connectivity index (χ2n) is 3.96. The lowest BCUT2D eigenvalue weighted by molar-refractivity contribution is 0.259. The van der Waals surface area contributed by atoms with Crippen LogP contribution in [0.3, 0.4) is 0 Å². The van der Waals surface area contributed by atoms with Crippen molar-refractivity contribution in [2.45, 2.75) is 12.8 Å². The van der Waals surface area contributed by atoms with Gasteiger partial charge in [-0.1, -0.05) is 18.2 Å². The SMILES string of the molecule is N/C(=N\C(=O)Nc1ccccc1)N1CCCC1. The van der Waals surface area contributed by atoms with Crippen molar-refractivity contribution < 1.29 is 4.79 Å². The highest BCUT2D eigenvalue weighted by Crippen LogP contribution is 2.08. The molecule has 5 nitrogen and oxygen atoms in total. The van der Waals surface area contributed by atoms with Gasteiger partial charge in [0.05, 0.1) is 0 Å². The molecule has 0 spiro atoms. The number of nitrogens with one attached hydrogen (secondary N) is 1. The molecule has 0 atom stereocenters. The maximum absolute atomic E-state index is 11.6. The Bertz CT molecular complexity index is 410. The van der Waals surface area contributed by atoms with Gasteiger partial charge >= 0.3 is 6.03 Å². The van der Waals surface area contributed by atoms with Crippen molar-refractivity contribution >= 4 is 17.7 Å². The van der Waals surface area contributed by atoms with Gasteiger partial charge in [-0.2, -0.15) is 4.99 Å². The fourth-order valence-corrected chi connectivity index (χ4v) is 1.79. The van der Waals surface area contributed by atoms with E-state index < -0.39 is 6.03 Å². The van der Waals surface area contributed by atoms with Crippen LogP contribution in [0.15, 0.2) is 35.3 Å². The van der Waals surface area contributed by atoms with Crippen molar-refractivity contribution in [3.8, 4) is 0 Å². The van der Waals surface area contributed by atoms with Crippen molar-refractivity contribution in [1.82, 2.24) is 4.90 Å². The zero-order valence-corrected chi connectivity index (χ0v) is 9.60. The van der Waals surface area contributed by atoms with Crippen LogP contribution < -0.4 is 11.1 Å². The molecular weight excluding hydrogens is 216 g/mol. The zero-order valence-electron chi connectivity index (χ0n) is 9.60. The fourth-order valence-electron chi connectivity index (χ4n) is 1.79. The Labute approximate surface area is 100 Å². The Morgan fingerprint density at radius 2 is 1.88 bits per heavy atom. The molecular formula is C12H16N4O. The first-order valence-electron chi connectivity index (χ1n) is 5.71. The van der Waals surface area contributed by atoms with E-state index in [0.717, 1.165) is 31.6 Å². The number of likely N-dealkylation sites (tertiary alicyclic amines) is 1. The van der Waals surface area contributed by atoms with Gasteiger partial charge in [0.2, 0.25) is 5.96 Å². The number of aliphatic imine (C=N–C) groups is 1. The summed E-state index contributed by atoms with van der Waals surface area (Å²) < 4.78 is 0. The molecule has 17 heavy (non-hydrogen) atoms. The summed E-state index contributed by atoms with van der Waals surface area (Å²) >= 11 is 0. The molecule has 0 aromatic heterocycles. The number of nitrogens with two attached hydrogens (primary N) is 1. The lowest BCUT2D eigenvalue weighted by Gasteiger charge is -2.15. The molecule has 1 heterocycles. The smallest absolute Gasteiger partial charge is 0.348 e. The van der Waals surface area contributed by atoms with E-state index in [1.807, 2.05) is 23.1 Å². The normalized spacial score (nSPS) is 16.0. The number of urea groups is 1. The van der Waals surface area contributed by atoms with E-state index >= 15 is 0 Å². The predicted octanol–water partition coefficient (Wildman–Crippen LogP) is 1.63. The van der Waals surface area contributed by atoms with Crippen LogP contribution in [0, 0.1) is 0 Å². The predicted molar refractivity (Wildman–Crippen MR) is 67.9 cm³/mol. The average molecular weight is 232 g/mol. The Kier molecular flexibility index (Phi) is 3.59. The van der Waals surface area contributed by atoms with Gasteiger partial charge in [0.25, 0.3) is 0 Å². The largest absolute Gasteiger partial charge is 0.369 e. The molecule has 0 bridgehead atoms. The van der Waals surface area contributed by atoms with Crippen LogP contribution in [0.25, 0.3) is 0 Å². The fraction of sp³-hybridized carbons (Fsp3) is 0.333. The van der Waals surface area contributed by atoms with E-state index in [1.165, 1.54) is 0 Å². The maximum Gasteiger partial charge on any atom is 0.348 e. The van der Waals surface area contributed by atoms with Crippen LogP contribution in [0.2, 0.25) is 0 Å². The first kappa shape index (κ1) is 11.4. The molecule has 2 amide bonds. The van der Waals surface area contributed by atoms with Crippen LogP contribution in [-0.4, -0.2) is 30.0 Å². The number of rotatable bonds is 1. The number of carbonyl (C=O) groups excluding carboxylic acids is 1. The molecule has 1 aliphatic rings. The highest BCUT2D eigenvalue weighted by molar-refractivity contribution is 5.98. The van der Waals surface area contributed by atoms with Gasteiger partial charge in [-0.3, -0.25) is 0 Å². The molecule has 0 unspecified atom stereocenters. The van der Waals surface area contributed by atoms with Crippen molar-refractivity contribution in [2.24, 2.45) is 10.7 Å². The van der Waals surface area contributed by atoms with Crippen molar-refractivity contribution in [3.63, 3.8) is 0 Å². The van der Waals surface area contributed by atoms with E-state index in [0.29, 0.717) is 5.96 Å². The topological polar surface area (TPSA) is 70.7 Å². The van der Waals surface area contributed by atoms with Gasteiger partial charge in [0, 0.05) is 18.8 Å². The molecule has 2 rings (SSSR count). The molecule has 3 N–H and O–H groups in total. The molecule has 90 valence electrons. The summed E-state index contributed by atoms with van der Waals surface area (Å²) in [6.07, 6.45) is 2.22. The highest BCUT2D eigenvalue weighted by Gasteiger charge is 2.14. The van der Waals surface area contributed by atoms with E-state index in [-0.39, 0.29) is 0 Å². The lowest BCUT2D eigenvalue weighted by Crippen LogP contribution is -2.36. The number of guanidine groups is 1. The number of anilines is 1. The summed E-state index contributed by atoms with van der Waals surface area (Å²) in [5, 5.41) is 2.66. The summed E-state index contributed by atoms with van der Waals surface area (Å²) in [4.78, 5) is 17.3. The minimum absolute atomic E-state index is 0.302. The van der Waals surface area contributed by atoms with Gasteiger partial charge in [0.1, 0.15) is 0 Å². The monoisotopic (exact) mass is 232 g/mol. The van der Waals surface area contributed by atoms with Crippen LogP contribution in [0.5, 0.6) is 0 Å². The van der Waals surface area contributed by atoms with Crippen LogP contribution in [0.4, 0.5) is 10.5 Å². The standard InChI is InChI=1S/C12H16N4O/c13-11(16-8-4-5-9-16)15-12(17)14-10-6-2-1-3-7-10/h1-3,6-7H,4-5,8-9H2,(H3,13,14,15,17). The number of hydrogen-bond acceptors (Lipinski definition) is 1. The average Bonchev–Trinajstić information content (AvgIpc) is 2.83. The van der Waals surface area contributed by atoms with E-state index in [1.54, 1.807) is 12.1 Å². The Morgan fingerprint density at radius 3 is 2.53 bits per heavy atom. The van der Waals surface area contributed by atoms with Gasteiger partial charge < -0.3 is 16.0 Å². The van der Waals surface area contributed by atoms with Gasteiger partial charge in [0.15, 0.2) is 0 Å². The molecule has 5 heteroatoms. The summed E-state index contributed by atoms with van der Waals surface area (Å²) in [7, 11) is 0. The quantitative estimate of drug-likeness (QED) is 0.571. The lowest BCUT2D eigenvalue weighted by atomic mass is 10.3. The molecule has 1 aromatic rings. The molecule has 0 radical (unpaired) electrons. The second kappa shape index (κ2) is 5.34. The number of amides is 2.